The zero-order valence-corrected chi connectivity index (χ0v) is 12.8. The molecule has 0 aromatic heterocycles. The third kappa shape index (κ3) is 3.06. The smallest absolute Gasteiger partial charge is 0.196 e. The number of carbonyl (C=O) groups excluding carboxylic acids is 1. The predicted molar refractivity (Wildman–Crippen MR) is 81.1 cm³/mol. The Morgan fingerprint density at radius 2 is 1.47 bits per heavy atom. The van der Waals surface area contributed by atoms with E-state index in [1.54, 1.807) is 25.1 Å². The lowest BCUT2D eigenvalue weighted by atomic mass is 9.99. The van der Waals surface area contributed by atoms with E-state index in [-0.39, 0.29) is 21.4 Å². The van der Waals surface area contributed by atoms with Crippen LogP contribution in [-0.4, -0.2) is 5.78 Å². The molecule has 0 atom stereocenters. The Hall–Kier alpha value is -0.730. The second-order valence-electron chi connectivity index (χ2n) is 4.03. The van der Waals surface area contributed by atoms with Gasteiger partial charge in [0.1, 0.15) is 0 Å². The van der Waals surface area contributed by atoms with E-state index in [4.69, 9.17) is 46.4 Å². The topological polar surface area (TPSA) is 17.1 Å². The molecule has 1 nitrogen and oxygen atoms in total. The van der Waals surface area contributed by atoms with Crippen LogP contribution in [0.2, 0.25) is 20.1 Å². The zero-order valence-electron chi connectivity index (χ0n) is 9.81. The number of aryl methyl sites for hydroxylation is 1. The summed E-state index contributed by atoms with van der Waals surface area (Å²) in [4.78, 5) is 12.5. The molecule has 0 bridgehead atoms. The van der Waals surface area contributed by atoms with Crippen LogP contribution in [0.5, 0.6) is 0 Å². The number of ketones is 1. The number of hydrogen-bond donors (Lipinski definition) is 0. The van der Waals surface area contributed by atoms with Crippen LogP contribution >= 0.6 is 46.4 Å². The number of carbonyl (C=O) groups is 1. The molecule has 2 aromatic rings. The van der Waals surface area contributed by atoms with Crippen molar-refractivity contribution < 1.29 is 4.79 Å². The maximum Gasteiger partial charge on any atom is 0.196 e. The van der Waals surface area contributed by atoms with Crippen LogP contribution in [0.4, 0.5) is 0 Å². The van der Waals surface area contributed by atoms with Gasteiger partial charge in [-0.05, 0) is 42.8 Å². The molecular weight excluding hydrogens is 326 g/mol. The molecule has 0 unspecified atom stereocenters. The second-order valence-corrected chi connectivity index (χ2v) is 5.72. The van der Waals surface area contributed by atoms with Gasteiger partial charge in [0.15, 0.2) is 5.78 Å². The Labute approximate surface area is 131 Å². The van der Waals surface area contributed by atoms with E-state index in [0.717, 1.165) is 5.56 Å². The number of halogens is 4. The minimum absolute atomic E-state index is 0.233. The van der Waals surface area contributed by atoms with Crippen LogP contribution in [0, 0.1) is 6.92 Å². The fraction of sp³-hybridized carbons (Fsp3) is 0.0714. The van der Waals surface area contributed by atoms with Crippen molar-refractivity contribution in [1.29, 1.82) is 0 Å². The molecule has 2 aromatic carbocycles. The van der Waals surface area contributed by atoms with Gasteiger partial charge in [-0.3, -0.25) is 4.79 Å². The molecule has 0 radical (unpaired) electrons. The first-order valence-corrected chi connectivity index (χ1v) is 6.86. The summed E-state index contributed by atoms with van der Waals surface area (Å²) >= 11 is 23.8. The third-order valence-electron chi connectivity index (χ3n) is 2.67. The molecule has 98 valence electrons. The van der Waals surface area contributed by atoms with Gasteiger partial charge in [0.2, 0.25) is 0 Å². The maximum absolute atomic E-state index is 12.5. The molecule has 5 heteroatoms. The Morgan fingerprint density at radius 3 is 2.00 bits per heavy atom. The highest BCUT2D eigenvalue weighted by Gasteiger charge is 2.19. The summed E-state index contributed by atoms with van der Waals surface area (Å²) in [6, 6.07) is 8.01. The predicted octanol–water partition coefficient (Wildman–Crippen LogP) is 5.84. The summed E-state index contributed by atoms with van der Waals surface area (Å²) in [6.07, 6.45) is 0. The monoisotopic (exact) mass is 332 g/mol. The van der Waals surface area contributed by atoms with E-state index in [2.05, 4.69) is 0 Å². The van der Waals surface area contributed by atoms with Crippen LogP contribution in [0.1, 0.15) is 21.5 Å². The van der Waals surface area contributed by atoms with Crippen LogP contribution in [0.3, 0.4) is 0 Å². The van der Waals surface area contributed by atoms with E-state index >= 15 is 0 Å². The summed E-state index contributed by atoms with van der Waals surface area (Å²) in [5, 5.41) is 1.43. The molecule has 19 heavy (non-hydrogen) atoms. The second kappa shape index (κ2) is 5.72. The Morgan fingerprint density at radius 1 is 0.895 bits per heavy atom. The van der Waals surface area contributed by atoms with Crippen molar-refractivity contribution in [2.45, 2.75) is 6.92 Å². The zero-order chi connectivity index (χ0) is 14.2. The fourth-order valence-corrected chi connectivity index (χ4v) is 2.99. The highest BCUT2D eigenvalue weighted by Crippen LogP contribution is 2.31. The molecular formula is C14H8Cl4O. The van der Waals surface area contributed by atoms with Gasteiger partial charge in [-0.15, -0.1) is 0 Å². The first-order valence-electron chi connectivity index (χ1n) is 5.35. The normalized spacial score (nSPS) is 10.6. The van der Waals surface area contributed by atoms with Crippen molar-refractivity contribution in [1.82, 2.24) is 0 Å². The molecule has 0 N–H and O–H groups in total. The summed E-state index contributed by atoms with van der Waals surface area (Å²) < 4.78 is 0. The fourth-order valence-electron chi connectivity index (χ4n) is 1.78. The standard InChI is InChI=1S/C14H8Cl4O/c1-7-4-8(15)2-3-10(7)14(19)13-11(17)5-9(16)6-12(13)18/h2-6H,1H3. The molecule has 0 aliphatic carbocycles. The van der Waals surface area contributed by atoms with Crippen molar-refractivity contribution in [2.24, 2.45) is 0 Å². The number of rotatable bonds is 2. The van der Waals surface area contributed by atoms with E-state index in [1.807, 2.05) is 0 Å². The van der Waals surface area contributed by atoms with Crippen molar-refractivity contribution in [3.05, 3.63) is 67.1 Å². The Kier molecular flexibility index (Phi) is 4.42. The lowest BCUT2D eigenvalue weighted by Crippen LogP contribution is -2.05. The van der Waals surface area contributed by atoms with E-state index < -0.39 is 0 Å². The molecule has 0 amide bonds. The van der Waals surface area contributed by atoms with Crippen LogP contribution in [-0.2, 0) is 0 Å². The van der Waals surface area contributed by atoms with Crippen LogP contribution in [0.25, 0.3) is 0 Å². The summed E-state index contributed by atoms with van der Waals surface area (Å²) in [5.41, 5.74) is 1.52. The van der Waals surface area contributed by atoms with Gasteiger partial charge in [-0.1, -0.05) is 46.4 Å². The minimum Gasteiger partial charge on any atom is -0.288 e. The molecule has 0 saturated heterocycles. The highest BCUT2D eigenvalue weighted by molar-refractivity contribution is 6.43. The summed E-state index contributed by atoms with van der Waals surface area (Å²) in [5.74, 6) is -0.249. The van der Waals surface area contributed by atoms with Crippen molar-refractivity contribution in [2.75, 3.05) is 0 Å². The van der Waals surface area contributed by atoms with Gasteiger partial charge in [0.05, 0.1) is 15.6 Å². The lowest BCUT2D eigenvalue weighted by Gasteiger charge is -2.09. The molecule has 0 saturated carbocycles. The van der Waals surface area contributed by atoms with Gasteiger partial charge in [0, 0.05) is 15.6 Å². The average molecular weight is 334 g/mol. The first-order chi connectivity index (χ1) is 8.90. The number of benzene rings is 2. The van der Waals surface area contributed by atoms with Crippen LogP contribution in [0.15, 0.2) is 30.3 Å². The molecule has 2 rings (SSSR count). The van der Waals surface area contributed by atoms with Gasteiger partial charge in [-0.2, -0.15) is 0 Å². The van der Waals surface area contributed by atoms with E-state index in [9.17, 15) is 4.79 Å². The summed E-state index contributed by atoms with van der Waals surface area (Å²) in [6.45, 7) is 1.80. The van der Waals surface area contributed by atoms with Gasteiger partial charge in [0.25, 0.3) is 0 Å². The molecule has 0 heterocycles. The summed E-state index contributed by atoms with van der Waals surface area (Å²) in [7, 11) is 0. The minimum atomic E-state index is -0.249. The van der Waals surface area contributed by atoms with E-state index in [1.165, 1.54) is 12.1 Å². The highest BCUT2D eigenvalue weighted by atomic mass is 35.5. The molecule has 0 spiro atoms. The number of hydrogen-bond acceptors (Lipinski definition) is 1. The lowest BCUT2D eigenvalue weighted by molar-refractivity contribution is 0.103. The van der Waals surface area contributed by atoms with Crippen LogP contribution < -0.4 is 0 Å². The Balaban J connectivity index is 2.56. The first kappa shape index (κ1) is 14.7. The van der Waals surface area contributed by atoms with Crippen molar-refractivity contribution >= 4 is 52.2 Å². The molecule has 0 fully saturated rings. The third-order valence-corrected chi connectivity index (χ3v) is 3.72. The van der Waals surface area contributed by atoms with Gasteiger partial charge >= 0.3 is 0 Å². The maximum atomic E-state index is 12.5. The van der Waals surface area contributed by atoms with Crippen molar-refractivity contribution in [3.63, 3.8) is 0 Å². The van der Waals surface area contributed by atoms with Crippen molar-refractivity contribution in [3.8, 4) is 0 Å². The Bertz CT molecular complexity index is 641. The molecule has 0 aliphatic heterocycles. The quantitative estimate of drug-likeness (QED) is 0.631. The van der Waals surface area contributed by atoms with Gasteiger partial charge < -0.3 is 0 Å². The van der Waals surface area contributed by atoms with E-state index in [0.29, 0.717) is 15.6 Å². The van der Waals surface area contributed by atoms with Gasteiger partial charge in [-0.25, -0.2) is 0 Å². The largest absolute Gasteiger partial charge is 0.288 e. The SMILES string of the molecule is Cc1cc(Cl)ccc1C(=O)c1c(Cl)cc(Cl)cc1Cl. The average Bonchev–Trinajstić information content (AvgIpc) is 2.26. The molecule has 0 aliphatic rings.